The van der Waals surface area contributed by atoms with E-state index in [0.29, 0.717) is 15.8 Å². The van der Waals surface area contributed by atoms with Crippen LogP contribution in [-0.2, 0) is 35.3 Å². The Labute approximate surface area is 233 Å². The van der Waals surface area contributed by atoms with Crippen LogP contribution in [0.1, 0.15) is 36.1 Å². The second kappa shape index (κ2) is 12.7. The highest BCUT2D eigenvalue weighted by Gasteiger charge is 2.27. The number of carbonyl (C=O) groups excluding carboxylic acids is 2. The summed E-state index contributed by atoms with van der Waals surface area (Å²) < 4.78 is 22.9. The van der Waals surface area contributed by atoms with E-state index in [2.05, 4.69) is 13.8 Å². The summed E-state index contributed by atoms with van der Waals surface area (Å²) in [5.41, 5.74) is 4.02. The molecule has 0 aliphatic heterocycles. The molecule has 0 radical (unpaired) electrons. The molecule has 0 saturated carbocycles. The lowest BCUT2D eigenvalue weighted by Gasteiger charge is -2.19. The highest BCUT2D eigenvalue weighted by molar-refractivity contribution is 6.31. The first-order valence-corrected chi connectivity index (χ1v) is 13.2. The number of methoxy groups -OCH3 is 2. The molecule has 4 aromatic rings. The van der Waals surface area contributed by atoms with Gasteiger partial charge in [-0.3, -0.25) is 9.59 Å². The molecule has 0 saturated heterocycles. The molecule has 6 nitrogen and oxygen atoms in total. The molecule has 7 heteroatoms. The van der Waals surface area contributed by atoms with E-state index in [1.165, 1.54) is 25.3 Å². The van der Waals surface area contributed by atoms with Gasteiger partial charge in [0.15, 0.2) is 11.5 Å². The minimum atomic E-state index is -0.485. The van der Waals surface area contributed by atoms with Gasteiger partial charge in [0.25, 0.3) is 0 Å². The zero-order chi connectivity index (χ0) is 27.9. The van der Waals surface area contributed by atoms with Gasteiger partial charge in [-0.15, -0.1) is 0 Å². The average Bonchev–Trinajstić information content (AvgIpc) is 2.94. The van der Waals surface area contributed by atoms with Gasteiger partial charge >= 0.3 is 11.9 Å². The van der Waals surface area contributed by atoms with Crippen molar-refractivity contribution in [3.63, 3.8) is 0 Å². The molecule has 0 bridgehead atoms. The van der Waals surface area contributed by atoms with Crippen LogP contribution in [0.4, 0.5) is 0 Å². The second-order valence-electron chi connectivity index (χ2n) is 9.06. The molecule has 0 fully saturated rings. The van der Waals surface area contributed by atoms with Crippen LogP contribution in [-0.4, -0.2) is 26.2 Å². The Balaban J connectivity index is 1.69. The van der Waals surface area contributed by atoms with E-state index in [1.54, 1.807) is 18.2 Å². The molecule has 0 amide bonds. The zero-order valence-electron chi connectivity index (χ0n) is 22.5. The first-order valence-electron chi connectivity index (χ1n) is 12.8. The molecule has 0 aliphatic carbocycles. The average molecular weight is 547 g/mol. The first kappa shape index (κ1) is 28.0. The minimum Gasteiger partial charge on any atom is -0.490 e. The van der Waals surface area contributed by atoms with E-state index in [0.717, 1.165) is 24.0 Å². The molecule has 0 aliphatic rings. The highest BCUT2D eigenvalue weighted by atomic mass is 35.5. The number of benzene rings is 4. The molecule has 4 aromatic carbocycles. The monoisotopic (exact) mass is 546 g/mol. The lowest BCUT2D eigenvalue weighted by Crippen LogP contribution is -2.15. The molecule has 0 heterocycles. The van der Waals surface area contributed by atoms with Crippen LogP contribution in [0.25, 0.3) is 10.8 Å². The Kier molecular flexibility index (Phi) is 9.10. The summed E-state index contributed by atoms with van der Waals surface area (Å²) in [6.45, 7) is 4.15. The molecule has 39 heavy (non-hydrogen) atoms. The summed E-state index contributed by atoms with van der Waals surface area (Å²) in [6, 6.07) is 20.6. The van der Waals surface area contributed by atoms with Crippen molar-refractivity contribution in [3.05, 3.63) is 94.0 Å². The van der Waals surface area contributed by atoms with Crippen LogP contribution < -0.4 is 18.9 Å². The van der Waals surface area contributed by atoms with Gasteiger partial charge in [-0.1, -0.05) is 74.0 Å². The summed E-state index contributed by atoms with van der Waals surface area (Å²) in [7, 11) is 2.86. The summed E-state index contributed by atoms with van der Waals surface area (Å²) in [4.78, 5) is 26.0. The maximum absolute atomic E-state index is 13.0. The van der Waals surface area contributed by atoms with Crippen molar-refractivity contribution in [2.45, 2.75) is 39.5 Å². The maximum atomic E-state index is 13.0. The minimum absolute atomic E-state index is 0.0606. The van der Waals surface area contributed by atoms with Crippen molar-refractivity contribution in [1.82, 2.24) is 0 Å². The number of hydrogen-bond acceptors (Lipinski definition) is 6. The third-order valence-electron chi connectivity index (χ3n) is 6.49. The number of rotatable bonds is 10. The lowest BCUT2D eigenvalue weighted by atomic mass is 10.1. The van der Waals surface area contributed by atoms with Gasteiger partial charge in [0.05, 0.1) is 27.1 Å². The van der Waals surface area contributed by atoms with E-state index in [-0.39, 0.29) is 35.8 Å². The van der Waals surface area contributed by atoms with Gasteiger partial charge in [0.2, 0.25) is 11.5 Å². The molecule has 202 valence electrons. The van der Waals surface area contributed by atoms with Gasteiger partial charge in [-0.2, -0.15) is 0 Å². The first-order chi connectivity index (χ1) is 18.9. The highest BCUT2D eigenvalue weighted by Crippen LogP contribution is 2.51. The zero-order valence-corrected chi connectivity index (χ0v) is 23.3. The molecule has 0 aromatic heterocycles. The fourth-order valence-corrected chi connectivity index (χ4v) is 4.52. The lowest BCUT2D eigenvalue weighted by molar-refractivity contribution is -0.134. The third-order valence-corrected chi connectivity index (χ3v) is 6.72. The van der Waals surface area contributed by atoms with Crippen LogP contribution >= 0.6 is 11.6 Å². The van der Waals surface area contributed by atoms with Gasteiger partial charge < -0.3 is 18.9 Å². The van der Waals surface area contributed by atoms with Gasteiger partial charge in [-0.25, -0.2) is 0 Å². The SMILES string of the molecule is CCc1ccc(CC(=O)Oc2c(OC)c(OC)c(OC(=O)Cc3ccc(CC)cc3)c3cc(Cl)ccc23)cc1. The molecule has 0 atom stereocenters. The Morgan fingerprint density at radius 1 is 0.590 bits per heavy atom. The number of carbonyl (C=O) groups is 2. The van der Waals surface area contributed by atoms with Crippen molar-refractivity contribution in [2.24, 2.45) is 0 Å². The number of halogens is 1. The molecule has 4 rings (SSSR count). The number of hydrogen-bond donors (Lipinski definition) is 0. The Morgan fingerprint density at radius 3 is 1.41 bits per heavy atom. The van der Waals surface area contributed by atoms with E-state index in [4.69, 9.17) is 30.5 Å². The molecule has 0 unspecified atom stereocenters. The second-order valence-corrected chi connectivity index (χ2v) is 9.49. The maximum Gasteiger partial charge on any atom is 0.315 e. The van der Waals surface area contributed by atoms with E-state index < -0.39 is 11.9 Å². The van der Waals surface area contributed by atoms with Gasteiger partial charge in [0, 0.05) is 15.8 Å². The Morgan fingerprint density at radius 2 is 1.00 bits per heavy atom. The number of ether oxygens (including phenoxy) is 4. The number of fused-ring (bicyclic) bond motifs is 1. The smallest absolute Gasteiger partial charge is 0.315 e. The number of esters is 2. The molecular weight excluding hydrogens is 516 g/mol. The standard InChI is InChI=1S/C32H31ClO6/c1-5-20-7-11-22(12-8-20)17-27(34)38-29-25-16-15-24(33)19-26(25)30(32(37-4)31(29)36-3)39-28(35)18-23-13-9-21(6-2)10-14-23/h7-16,19H,5-6,17-18H2,1-4H3. The van der Waals surface area contributed by atoms with Crippen LogP contribution in [0.5, 0.6) is 23.0 Å². The summed E-state index contributed by atoms with van der Waals surface area (Å²) in [5, 5.41) is 1.35. The Bertz CT molecular complexity index is 1480. The molecule has 0 N–H and O–H groups in total. The van der Waals surface area contributed by atoms with Crippen LogP contribution in [0.15, 0.2) is 66.7 Å². The van der Waals surface area contributed by atoms with Crippen molar-refractivity contribution in [3.8, 4) is 23.0 Å². The largest absolute Gasteiger partial charge is 0.490 e. The van der Waals surface area contributed by atoms with E-state index >= 15 is 0 Å². The number of aryl methyl sites for hydroxylation is 2. The molecular formula is C32H31ClO6. The van der Waals surface area contributed by atoms with Crippen LogP contribution in [0, 0.1) is 0 Å². The van der Waals surface area contributed by atoms with E-state index in [1.807, 2.05) is 48.5 Å². The quantitative estimate of drug-likeness (QED) is 0.159. The summed E-state index contributed by atoms with van der Waals surface area (Å²) in [6.07, 6.45) is 1.96. The van der Waals surface area contributed by atoms with Crippen molar-refractivity contribution >= 4 is 34.3 Å². The normalized spacial score (nSPS) is 10.8. The summed E-state index contributed by atoms with van der Waals surface area (Å²) >= 11 is 6.32. The van der Waals surface area contributed by atoms with E-state index in [9.17, 15) is 9.59 Å². The Hall–Kier alpha value is -4.03. The van der Waals surface area contributed by atoms with Crippen LogP contribution in [0.3, 0.4) is 0 Å². The summed E-state index contributed by atoms with van der Waals surface area (Å²) in [5.74, 6) is -0.408. The topological polar surface area (TPSA) is 71.1 Å². The van der Waals surface area contributed by atoms with Crippen molar-refractivity contribution in [1.29, 1.82) is 0 Å². The molecule has 0 spiro atoms. The third kappa shape index (κ3) is 6.52. The van der Waals surface area contributed by atoms with Crippen molar-refractivity contribution in [2.75, 3.05) is 14.2 Å². The fourth-order valence-electron chi connectivity index (χ4n) is 4.35. The van der Waals surface area contributed by atoms with Crippen molar-refractivity contribution < 1.29 is 28.5 Å². The van der Waals surface area contributed by atoms with Gasteiger partial charge in [-0.05, 0) is 53.3 Å². The predicted octanol–water partition coefficient (Wildman–Crippen LogP) is 6.93. The van der Waals surface area contributed by atoms with Gasteiger partial charge in [0.1, 0.15) is 0 Å². The van der Waals surface area contributed by atoms with Crippen LogP contribution in [0.2, 0.25) is 5.02 Å². The predicted molar refractivity (Wildman–Crippen MR) is 152 cm³/mol. The fraction of sp³-hybridized carbons (Fsp3) is 0.250.